The van der Waals surface area contributed by atoms with Crippen LogP contribution in [0.4, 0.5) is 5.69 Å². The molecule has 0 aromatic heterocycles. The number of amides is 1. The number of piperidine rings is 1. The molecule has 1 aromatic carbocycles. The highest BCUT2D eigenvalue weighted by Crippen LogP contribution is 2.32. The maximum Gasteiger partial charge on any atom is 0.241 e. The maximum absolute atomic E-state index is 12.6. The summed E-state index contributed by atoms with van der Waals surface area (Å²) < 4.78 is 11.1. The summed E-state index contributed by atoms with van der Waals surface area (Å²) in [4.78, 5) is 14.9. The third-order valence-electron chi connectivity index (χ3n) is 5.19. The molecule has 146 valence electrons. The molecule has 7 heteroatoms. The Morgan fingerprint density at radius 3 is 2.62 bits per heavy atom. The number of hydrogen-bond donors (Lipinski definition) is 2. The Balaban J connectivity index is 0.00000243. The Labute approximate surface area is 162 Å². The molecular weight excluding hydrogens is 354 g/mol. The second kappa shape index (κ2) is 10.00. The fourth-order valence-corrected chi connectivity index (χ4v) is 3.51. The number of carbonyl (C=O) groups is 1. The molecule has 1 saturated heterocycles. The summed E-state index contributed by atoms with van der Waals surface area (Å²) in [7, 11) is 2.00. The predicted octanol–water partition coefficient (Wildman–Crippen LogP) is 2.53. The quantitative estimate of drug-likeness (QED) is 0.790. The molecule has 26 heavy (non-hydrogen) atoms. The van der Waals surface area contributed by atoms with Gasteiger partial charge >= 0.3 is 0 Å². The van der Waals surface area contributed by atoms with E-state index in [-0.39, 0.29) is 24.4 Å². The van der Waals surface area contributed by atoms with Crippen molar-refractivity contribution < 1.29 is 14.3 Å². The minimum Gasteiger partial charge on any atom is -0.486 e. The zero-order valence-electron chi connectivity index (χ0n) is 15.6. The highest BCUT2D eigenvalue weighted by atomic mass is 35.5. The van der Waals surface area contributed by atoms with Crippen molar-refractivity contribution in [2.45, 2.75) is 32.2 Å². The number of fused-ring (bicyclic) bond motifs is 1. The van der Waals surface area contributed by atoms with E-state index in [1.165, 1.54) is 19.3 Å². The van der Waals surface area contributed by atoms with Gasteiger partial charge in [0.1, 0.15) is 13.2 Å². The summed E-state index contributed by atoms with van der Waals surface area (Å²) in [6.45, 7) is 6.16. The average molecular weight is 384 g/mol. The molecule has 0 bridgehead atoms. The van der Waals surface area contributed by atoms with Crippen LogP contribution in [0.25, 0.3) is 0 Å². The SMILES string of the molecule is CNCCC1CCN(C(C)C(=O)Nc2ccc3c(c2)OCCO3)CC1.Cl. The lowest BCUT2D eigenvalue weighted by molar-refractivity contribution is -0.121. The molecule has 2 aliphatic rings. The number of carbonyl (C=O) groups excluding carboxylic acids is 1. The van der Waals surface area contributed by atoms with Crippen LogP contribution in [0.3, 0.4) is 0 Å². The van der Waals surface area contributed by atoms with E-state index in [9.17, 15) is 4.79 Å². The Bertz CT molecular complexity index is 591. The molecule has 1 fully saturated rings. The molecule has 1 amide bonds. The van der Waals surface area contributed by atoms with Gasteiger partial charge in [0.15, 0.2) is 11.5 Å². The number of hydrogen-bond acceptors (Lipinski definition) is 5. The van der Waals surface area contributed by atoms with Gasteiger partial charge in [-0.1, -0.05) is 0 Å². The minimum atomic E-state index is -0.126. The molecule has 2 heterocycles. The Morgan fingerprint density at radius 2 is 1.92 bits per heavy atom. The summed E-state index contributed by atoms with van der Waals surface area (Å²) in [5, 5.41) is 6.23. The van der Waals surface area contributed by atoms with Gasteiger partial charge in [-0.05, 0) is 70.9 Å². The van der Waals surface area contributed by atoms with Crippen molar-refractivity contribution in [3.8, 4) is 11.5 Å². The minimum absolute atomic E-state index is 0. The molecule has 1 unspecified atom stereocenters. The van der Waals surface area contributed by atoms with E-state index in [2.05, 4.69) is 15.5 Å². The van der Waals surface area contributed by atoms with Crippen molar-refractivity contribution in [1.29, 1.82) is 0 Å². The second-order valence-corrected chi connectivity index (χ2v) is 6.90. The van der Waals surface area contributed by atoms with E-state index in [1.807, 2.05) is 32.2 Å². The molecule has 0 spiro atoms. The van der Waals surface area contributed by atoms with Crippen LogP contribution in [0.2, 0.25) is 0 Å². The third kappa shape index (κ3) is 5.25. The van der Waals surface area contributed by atoms with Crippen LogP contribution in [0, 0.1) is 5.92 Å². The van der Waals surface area contributed by atoms with Crippen molar-refractivity contribution in [3.05, 3.63) is 18.2 Å². The van der Waals surface area contributed by atoms with E-state index >= 15 is 0 Å². The molecular formula is C19H30ClN3O3. The van der Waals surface area contributed by atoms with E-state index in [0.717, 1.165) is 37.0 Å². The van der Waals surface area contributed by atoms with Gasteiger partial charge in [-0.3, -0.25) is 9.69 Å². The topological polar surface area (TPSA) is 62.8 Å². The van der Waals surface area contributed by atoms with Crippen LogP contribution < -0.4 is 20.1 Å². The Kier molecular flexibility index (Phi) is 8.00. The largest absolute Gasteiger partial charge is 0.486 e. The zero-order chi connectivity index (χ0) is 17.6. The Hall–Kier alpha value is -1.50. The van der Waals surface area contributed by atoms with E-state index < -0.39 is 0 Å². The van der Waals surface area contributed by atoms with Gasteiger partial charge in [0.25, 0.3) is 0 Å². The van der Waals surface area contributed by atoms with Crippen LogP contribution in [-0.2, 0) is 4.79 Å². The molecule has 6 nitrogen and oxygen atoms in total. The lowest BCUT2D eigenvalue weighted by atomic mass is 9.93. The summed E-state index contributed by atoms with van der Waals surface area (Å²) in [6.07, 6.45) is 3.56. The van der Waals surface area contributed by atoms with Gasteiger partial charge in [0.05, 0.1) is 6.04 Å². The lowest BCUT2D eigenvalue weighted by Crippen LogP contribution is -2.46. The van der Waals surface area contributed by atoms with Gasteiger partial charge in [0.2, 0.25) is 5.91 Å². The zero-order valence-corrected chi connectivity index (χ0v) is 16.4. The first-order valence-corrected chi connectivity index (χ1v) is 9.26. The number of likely N-dealkylation sites (tertiary alicyclic amines) is 1. The van der Waals surface area contributed by atoms with E-state index in [0.29, 0.717) is 19.0 Å². The van der Waals surface area contributed by atoms with Crippen LogP contribution in [0.15, 0.2) is 18.2 Å². The lowest BCUT2D eigenvalue weighted by Gasteiger charge is -2.35. The number of rotatable bonds is 6. The van der Waals surface area contributed by atoms with Crippen molar-refractivity contribution in [2.75, 3.05) is 45.2 Å². The number of benzene rings is 1. The number of halogens is 1. The van der Waals surface area contributed by atoms with Gasteiger partial charge in [0, 0.05) is 11.8 Å². The number of nitrogens with zero attached hydrogens (tertiary/aromatic N) is 1. The van der Waals surface area contributed by atoms with Crippen LogP contribution in [-0.4, -0.2) is 56.7 Å². The number of nitrogens with one attached hydrogen (secondary N) is 2. The van der Waals surface area contributed by atoms with Crippen LogP contribution >= 0.6 is 12.4 Å². The highest BCUT2D eigenvalue weighted by molar-refractivity contribution is 5.94. The fourth-order valence-electron chi connectivity index (χ4n) is 3.51. The number of anilines is 1. The fraction of sp³-hybridized carbons (Fsp3) is 0.632. The monoisotopic (exact) mass is 383 g/mol. The highest BCUT2D eigenvalue weighted by Gasteiger charge is 2.26. The van der Waals surface area contributed by atoms with Gasteiger partial charge in [-0.2, -0.15) is 0 Å². The normalized spacial score (nSPS) is 18.7. The first kappa shape index (κ1) is 20.8. The molecule has 3 rings (SSSR count). The molecule has 0 aliphatic carbocycles. The van der Waals surface area contributed by atoms with Crippen molar-refractivity contribution in [3.63, 3.8) is 0 Å². The van der Waals surface area contributed by atoms with E-state index in [4.69, 9.17) is 9.47 Å². The second-order valence-electron chi connectivity index (χ2n) is 6.90. The molecule has 2 aliphatic heterocycles. The molecule has 0 radical (unpaired) electrons. The predicted molar refractivity (Wildman–Crippen MR) is 106 cm³/mol. The van der Waals surface area contributed by atoms with E-state index in [1.54, 1.807) is 0 Å². The van der Waals surface area contributed by atoms with Crippen molar-refractivity contribution in [1.82, 2.24) is 10.2 Å². The van der Waals surface area contributed by atoms with Crippen molar-refractivity contribution >= 4 is 24.0 Å². The summed E-state index contributed by atoms with van der Waals surface area (Å²) in [6, 6.07) is 5.42. The first-order chi connectivity index (χ1) is 12.2. The maximum atomic E-state index is 12.6. The summed E-state index contributed by atoms with van der Waals surface area (Å²) >= 11 is 0. The Morgan fingerprint density at radius 1 is 1.23 bits per heavy atom. The first-order valence-electron chi connectivity index (χ1n) is 9.26. The molecule has 1 atom stereocenters. The van der Waals surface area contributed by atoms with Gasteiger partial charge < -0.3 is 20.1 Å². The third-order valence-corrected chi connectivity index (χ3v) is 5.19. The summed E-state index contributed by atoms with van der Waals surface area (Å²) in [5.74, 6) is 2.24. The number of ether oxygens (including phenoxy) is 2. The molecule has 2 N–H and O–H groups in total. The summed E-state index contributed by atoms with van der Waals surface area (Å²) in [5.41, 5.74) is 0.755. The van der Waals surface area contributed by atoms with Crippen molar-refractivity contribution in [2.24, 2.45) is 5.92 Å². The van der Waals surface area contributed by atoms with Crippen LogP contribution in [0.5, 0.6) is 11.5 Å². The molecule has 0 saturated carbocycles. The average Bonchev–Trinajstić information content (AvgIpc) is 2.66. The van der Waals surface area contributed by atoms with Gasteiger partial charge in [-0.15, -0.1) is 12.4 Å². The van der Waals surface area contributed by atoms with Gasteiger partial charge in [-0.25, -0.2) is 0 Å². The van der Waals surface area contributed by atoms with Crippen LogP contribution in [0.1, 0.15) is 26.2 Å². The standard InChI is InChI=1S/C19H29N3O3.ClH/c1-14(22-9-6-15(7-10-22)5-8-20-2)19(23)21-16-3-4-17-18(13-16)25-12-11-24-17;/h3-4,13-15,20H,5-12H2,1-2H3,(H,21,23);1H. The molecule has 1 aromatic rings. The smallest absolute Gasteiger partial charge is 0.241 e.